The van der Waals surface area contributed by atoms with Crippen LogP contribution >= 0.6 is 15.9 Å². The summed E-state index contributed by atoms with van der Waals surface area (Å²) in [6, 6.07) is 14.5. The molecule has 0 aliphatic heterocycles. The monoisotopic (exact) mass is 344 g/mol. The second-order valence-electron chi connectivity index (χ2n) is 4.67. The summed E-state index contributed by atoms with van der Waals surface area (Å²) in [5.41, 5.74) is 0.503. The highest BCUT2D eigenvalue weighted by Crippen LogP contribution is 2.29. The Morgan fingerprint density at radius 1 is 0.952 bits per heavy atom. The van der Waals surface area contributed by atoms with E-state index in [1.54, 1.807) is 12.1 Å². The molecule has 0 fully saturated rings. The van der Waals surface area contributed by atoms with Gasteiger partial charge >= 0.3 is 0 Å². The number of carbonyl (C=O) groups excluding carboxylic acids is 1. The first kappa shape index (κ1) is 13.8. The normalized spacial score (nSPS) is 10.8. The molecule has 0 saturated carbocycles. The summed E-state index contributed by atoms with van der Waals surface area (Å²) in [7, 11) is 0. The zero-order chi connectivity index (χ0) is 15.0. The second-order valence-corrected chi connectivity index (χ2v) is 5.52. The van der Waals surface area contributed by atoms with E-state index in [2.05, 4.69) is 15.9 Å². The lowest BCUT2D eigenvalue weighted by atomic mass is 9.99. The summed E-state index contributed by atoms with van der Waals surface area (Å²) in [5, 5.41) is 11.8. The van der Waals surface area contributed by atoms with Crippen LogP contribution in [0.3, 0.4) is 0 Å². The van der Waals surface area contributed by atoms with Crippen molar-refractivity contribution in [2.24, 2.45) is 0 Å². The number of aromatic hydroxyl groups is 1. The van der Waals surface area contributed by atoms with E-state index >= 15 is 0 Å². The van der Waals surface area contributed by atoms with Crippen LogP contribution in [0.2, 0.25) is 0 Å². The van der Waals surface area contributed by atoms with Crippen molar-refractivity contribution < 1.29 is 14.3 Å². The van der Waals surface area contributed by atoms with Gasteiger partial charge in [0.1, 0.15) is 11.6 Å². The molecule has 2 nitrogen and oxygen atoms in total. The molecule has 0 unspecified atom stereocenters. The number of rotatable bonds is 2. The Hall–Kier alpha value is -2.20. The van der Waals surface area contributed by atoms with Crippen molar-refractivity contribution >= 4 is 32.5 Å². The maximum atomic E-state index is 13.1. The molecule has 3 aromatic carbocycles. The maximum Gasteiger partial charge on any atom is 0.197 e. The summed E-state index contributed by atoms with van der Waals surface area (Å²) in [6.07, 6.45) is 0. The summed E-state index contributed by atoms with van der Waals surface area (Å²) in [6.45, 7) is 0. The SMILES string of the molecule is O=C(c1cc2ccccc2cc1O)c1ccc(F)cc1Br. The zero-order valence-corrected chi connectivity index (χ0v) is 12.4. The molecular weight excluding hydrogens is 335 g/mol. The molecule has 0 bridgehead atoms. The number of benzene rings is 3. The molecule has 1 N–H and O–H groups in total. The number of phenols is 1. The van der Waals surface area contributed by atoms with E-state index < -0.39 is 5.82 Å². The predicted molar refractivity (Wildman–Crippen MR) is 83.1 cm³/mol. The van der Waals surface area contributed by atoms with Gasteiger partial charge in [-0.3, -0.25) is 4.79 Å². The first-order chi connectivity index (χ1) is 10.1. The number of phenolic OH excluding ortho intramolecular Hbond substituents is 1. The van der Waals surface area contributed by atoms with Crippen molar-refractivity contribution in [2.45, 2.75) is 0 Å². The van der Waals surface area contributed by atoms with E-state index in [0.29, 0.717) is 10.0 Å². The number of fused-ring (bicyclic) bond motifs is 1. The highest BCUT2D eigenvalue weighted by atomic mass is 79.9. The highest BCUT2D eigenvalue weighted by Gasteiger charge is 2.17. The number of hydrogen-bond acceptors (Lipinski definition) is 2. The molecule has 3 aromatic rings. The number of carbonyl (C=O) groups is 1. The third-order valence-electron chi connectivity index (χ3n) is 3.28. The molecule has 0 spiro atoms. The quantitative estimate of drug-likeness (QED) is 0.685. The van der Waals surface area contributed by atoms with E-state index in [1.165, 1.54) is 18.2 Å². The zero-order valence-electron chi connectivity index (χ0n) is 10.8. The lowest BCUT2D eigenvalue weighted by Gasteiger charge is -2.08. The Morgan fingerprint density at radius 2 is 1.62 bits per heavy atom. The molecule has 0 heterocycles. The molecule has 104 valence electrons. The van der Waals surface area contributed by atoms with Gasteiger partial charge in [-0.05, 0) is 57.0 Å². The van der Waals surface area contributed by atoms with Crippen molar-refractivity contribution in [3.63, 3.8) is 0 Å². The van der Waals surface area contributed by atoms with Gasteiger partial charge in [-0.1, -0.05) is 24.3 Å². The molecule has 21 heavy (non-hydrogen) atoms. The number of halogens is 2. The van der Waals surface area contributed by atoms with Crippen LogP contribution in [-0.2, 0) is 0 Å². The Labute approximate surface area is 129 Å². The fraction of sp³-hybridized carbons (Fsp3) is 0. The molecule has 0 aliphatic rings. The molecule has 0 aliphatic carbocycles. The average molecular weight is 345 g/mol. The van der Waals surface area contributed by atoms with Crippen molar-refractivity contribution in [1.29, 1.82) is 0 Å². The van der Waals surface area contributed by atoms with E-state index in [0.717, 1.165) is 10.8 Å². The van der Waals surface area contributed by atoms with Gasteiger partial charge in [-0.25, -0.2) is 4.39 Å². The summed E-state index contributed by atoms with van der Waals surface area (Å²) >= 11 is 3.18. The molecular formula is C17H10BrFO2. The van der Waals surface area contributed by atoms with Gasteiger partial charge in [0, 0.05) is 10.0 Å². The van der Waals surface area contributed by atoms with Crippen molar-refractivity contribution in [3.8, 4) is 5.75 Å². The second kappa shape index (κ2) is 5.30. The Kier molecular flexibility index (Phi) is 3.47. The Bertz CT molecular complexity index is 859. The Balaban J connectivity index is 2.15. The lowest BCUT2D eigenvalue weighted by Crippen LogP contribution is -2.03. The minimum Gasteiger partial charge on any atom is -0.507 e. The molecule has 0 aromatic heterocycles. The van der Waals surface area contributed by atoms with Crippen molar-refractivity contribution in [1.82, 2.24) is 0 Å². The molecule has 0 atom stereocenters. The van der Waals surface area contributed by atoms with Crippen LogP contribution in [0.1, 0.15) is 15.9 Å². The summed E-state index contributed by atoms with van der Waals surface area (Å²) < 4.78 is 13.5. The van der Waals surface area contributed by atoms with Crippen molar-refractivity contribution in [2.75, 3.05) is 0 Å². The number of hydrogen-bond donors (Lipinski definition) is 1. The van der Waals surface area contributed by atoms with Crippen LogP contribution in [0, 0.1) is 5.82 Å². The highest BCUT2D eigenvalue weighted by molar-refractivity contribution is 9.10. The number of ketones is 1. The van der Waals surface area contributed by atoms with Crippen LogP contribution in [-0.4, -0.2) is 10.9 Å². The summed E-state index contributed by atoms with van der Waals surface area (Å²) in [4.78, 5) is 12.5. The van der Waals surface area contributed by atoms with Crippen molar-refractivity contribution in [3.05, 3.63) is 76.0 Å². The van der Waals surface area contributed by atoms with E-state index in [1.807, 2.05) is 24.3 Å². The van der Waals surface area contributed by atoms with E-state index in [4.69, 9.17) is 0 Å². The van der Waals surface area contributed by atoms with Crippen LogP contribution in [0.5, 0.6) is 5.75 Å². The third kappa shape index (κ3) is 2.54. The van der Waals surface area contributed by atoms with Crippen LogP contribution in [0.4, 0.5) is 4.39 Å². The lowest BCUT2D eigenvalue weighted by molar-refractivity contribution is 0.103. The molecule has 0 radical (unpaired) electrons. The fourth-order valence-corrected chi connectivity index (χ4v) is 2.76. The van der Waals surface area contributed by atoms with Gasteiger partial charge in [-0.15, -0.1) is 0 Å². The molecule has 0 amide bonds. The minimum atomic E-state index is -0.429. The van der Waals surface area contributed by atoms with Gasteiger partial charge in [0.2, 0.25) is 0 Å². The third-order valence-corrected chi connectivity index (χ3v) is 3.94. The standard InChI is InChI=1S/C17H10BrFO2/c18-15-9-12(19)5-6-13(15)17(21)14-7-10-3-1-2-4-11(10)8-16(14)20/h1-9,20H. The average Bonchev–Trinajstić information content (AvgIpc) is 2.46. The predicted octanol–water partition coefficient (Wildman–Crippen LogP) is 4.68. The van der Waals surface area contributed by atoms with Crippen LogP contribution in [0.25, 0.3) is 10.8 Å². The molecule has 0 saturated heterocycles. The largest absolute Gasteiger partial charge is 0.507 e. The summed E-state index contributed by atoms with van der Waals surface area (Å²) in [5.74, 6) is -0.874. The maximum absolute atomic E-state index is 13.1. The smallest absolute Gasteiger partial charge is 0.197 e. The fourth-order valence-electron chi connectivity index (χ4n) is 2.23. The first-order valence-electron chi connectivity index (χ1n) is 6.28. The molecule has 3 rings (SSSR count). The van der Waals surface area contributed by atoms with Gasteiger partial charge in [-0.2, -0.15) is 0 Å². The van der Waals surface area contributed by atoms with E-state index in [-0.39, 0.29) is 17.1 Å². The van der Waals surface area contributed by atoms with Gasteiger partial charge < -0.3 is 5.11 Å². The van der Waals surface area contributed by atoms with Gasteiger partial charge in [0.25, 0.3) is 0 Å². The van der Waals surface area contributed by atoms with Crippen LogP contribution < -0.4 is 0 Å². The van der Waals surface area contributed by atoms with Gasteiger partial charge in [0.05, 0.1) is 5.56 Å². The Morgan fingerprint density at radius 3 is 2.29 bits per heavy atom. The molecule has 4 heteroatoms. The first-order valence-corrected chi connectivity index (χ1v) is 7.07. The topological polar surface area (TPSA) is 37.3 Å². The van der Waals surface area contributed by atoms with Gasteiger partial charge in [0.15, 0.2) is 5.78 Å². The minimum absolute atomic E-state index is 0.0880. The van der Waals surface area contributed by atoms with E-state index in [9.17, 15) is 14.3 Å². The van der Waals surface area contributed by atoms with Crippen LogP contribution in [0.15, 0.2) is 59.1 Å².